The molecule has 19 heavy (non-hydrogen) atoms. The Hall–Kier alpha value is -2.20. The average Bonchev–Trinajstić information content (AvgIpc) is 2.46. The zero-order valence-corrected chi connectivity index (χ0v) is 11.1. The van der Waals surface area contributed by atoms with Crippen LogP contribution in [0.2, 0.25) is 5.02 Å². The van der Waals surface area contributed by atoms with Crippen LogP contribution in [-0.4, -0.2) is 16.6 Å². The number of nitrogens with one attached hydrogen (secondary N) is 1. The summed E-state index contributed by atoms with van der Waals surface area (Å²) >= 11 is 5.76. The van der Waals surface area contributed by atoms with Gasteiger partial charge in [-0.3, -0.25) is 9.78 Å². The molecule has 0 bridgehead atoms. The molecule has 0 fully saturated rings. The summed E-state index contributed by atoms with van der Waals surface area (Å²) < 4.78 is 0. The Morgan fingerprint density at radius 2 is 1.74 bits per heavy atom. The van der Waals surface area contributed by atoms with Gasteiger partial charge in [0.1, 0.15) is 0 Å². The van der Waals surface area contributed by atoms with Gasteiger partial charge in [0.05, 0.1) is 5.71 Å². The molecule has 96 valence electrons. The van der Waals surface area contributed by atoms with Crippen molar-refractivity contribution in [1.82, 2.24) is 10.4 Å². The summed E-state index contributed by atoms with van der Waals surface area (Å²) in [7, 11) is 0. The molecule has 1 amide bonds. The standard InChI is InChI=1S/C14H12ClN3O/c1-10(11-6-8-16-9-7-11)17-18-14(19)12-2-4-13(15)5-3-12/h2-9H,1H3,(H,18,19)/b17-10-. The molecule has 2 rings (SSSR count). The third kappa shape index (κ3) is 3.63. The van der Waals surface area contributed by atoms with E-state index in [0.29, 0.717) is 16.3 Å². The van der Waals surface area contributed by atoms with Crippen molar-refractivity contribution in [2.75, 3.05) is 0 Å². The first-order valence-corrected chi connectivity index (χ1v) is 6.05. The Balaban J connectivity index is 2.06. The van der Waals surface area contributed by atoms with Crippen molar-refractivity contribution in [3.05, 3.63) is 64.9 Å². The third-order valence-electron chi connectivity index (χ3n) is 2.53. The van der Waals surface area contributed by atoms with E-state index in [1.807, 2.05) is 19.1 Å². The van der Waals surface area contributed by atoms with E-state index in [2.05, 4.69) is 15.5 Å². The van der Waals surface area contributed by atoms with Crippen molar-refractivity contribution in [2.24, 2.45) is 5.10 Å². The first-order chi connectivity index (χ1) is 9.16. The minimum absolute atomic E-state index is 0.273. The highest BCUT2D eigenvalue weighted by molar-refractivity contribution is 6.30. The second-order valence-corrected chi connectivity index (χ2v) is 4.32. The van der Waals surface area contributed by atoms with Crippen LogP contribution in [0.15, 0.2) is 53.9 Å². The quantitative estimate of drug-likeness (QED) is 0.690. The molecule has 1 aromatic heterocycles. The molecule has 2 aromatic rings. The van der Waals surface area contributed by atoms with E-state index in [1.165, 1.54) is 0 Å². The summed E-state index contributed by atoms with van der Waals surface area (Å²) in [5.74, 6) is -0.273. The molecule has 1 N–H and O–H groups in total. The minimum atomic E-state index is -0.273. The maximum Gasteiger partial charge on any atom is 0.271 e. The highest BCUT2D eigenvalue weighted by Gasteiger charge is 2.04. The van der Waals surface area contributed by atoms with Gasteiger partial charge in [-0.2, -0.15) is 5.10 Å². The molecule has 0 aliphatic heterocycles. The summed E-state index contributed by atoms with van der Waals surface area (Å²) in [6.07, 6.45) is 3.35. The molecule has 0 saturated heterocycles. The first-order valence-electron chi connectivity index (χ1n) is 5.67. The number of nitrogens with zero attached hydrogens (tertiary/aromatic N) is 2. The van der Waals surface area contributed by atoms with Gasteiger partial charge in [0.15, 0.2) is 0 Å². The lowest BCUT2D eigenvalue weighted by molar-refractivity contribution is 0.0955. The molecule has 5 heteroatoms. The predicted octanol–water partition coefficient (Wildman–Crippen LogP) is 2.89. The lowest BCUT2D eigenvalue weighted by Crippen LogP contribution is -2.19. The van der Waals surface area contributed by atoms with Crippen LogP contribution in [-0.2, 0) is 0 Å². The fourth-order valence-corrected chi connectivity index (χ4v) is 1.58. The van der Waals surface area contributed by atoms with Gasteiger partial charge in [-0.15, -0.1) is 0 Å². The van der Waals surface area contributed by atoms with Gasteiger partial charge in [0.2, 0.25) is 0 Å². The average molecular weight is 274 g/mol. The number of pyridine rings is 1. The van der Waals surface area contributed by atoms with Crippen molar-refractivity contribution in [3.63, 3.8) is 0 Å². The van der Waals surface area contributed by atoms with Crippen LogP contribution >= 0.6 is 11.6 Å². The molecule has 1 heterocycles. The van der Waals surface area contributed by atoms with Gasteiger partial charge in [-0.05, 0) is 43.3 Å². The number of aromatic nitrogens is 1. The monoisotopic (exact) mass is 273 g/mol. The number of hydrazone groups is 1. The Morgan fingerprint density at radius 1 is 1.11 bits per heavy atom. The number of benzene rings is 1. The zero-order chi connectivity index (χ0) is 13.7. The Morgan fingerprint density at radius 3 is 2.37 bits per heavy atom. The van der Waals surface area contributed by atoms with E-state index in [4.69, 9.17) is 11.6 Å². The molecular weight excluding hydrogens is 262 g/mol. The van der Waals surface area contributed by atoms with Crippen LogP contribution in [0.1, 0.15) is 22.8 Å². The van der Waals surface area contributed by atoms with Crippen LogP contribution in [0, 0.1) is 0 Å². The SMILES string of the molecule is C/C(=N/NC(=O)c1ccc(Cl)cc1)c1ccncc1. The van der Waals surface area contributed by atoms with Gasteiger partial charge in [-0.25, -0.2) is 5.43 Å². The maximum atomic E-state index is 11.8. The second kappa shape index (κ2) is 6.11. The molecular formula is C14H12ClN3O. The number of rotatable bonds is 3. The van der Waals surface area contributed by atoms with Gasteiger partial charge in [0.25, 0.3) is 5.91 Å². The number of carbonyl (C=O) groups is 1. The van der Waals surface area contributed by atoms with E-state index in [9.17, 15) is 4.79 Å². The topological polar surface area (TPSA) is 54.4 Å². The Bertz CT molecular complexity index is 594. The number of hydrogen-bond donors (Lipinski definition) is 1. The van der Waals surface area contributed by atoms with Crippen LogP contribution in [0.4, 0.5) is 0 Å². The Kier molecular flexibility index (Phi) is 4.26. The van der Waals surface area contributed by atoms with E-state index >= 15 is 0 Å². The molecule has 0 aliphatic carbocycles. The Labute approximate surface area is 116 Å². The largest absolute Gasteiger partial charge is 0.271 e. The predicted molar refractivity (Wildman–Crippen MR) is 75.4 cm³/mol. The highest BCUT2D eigenvalue weighted by Crippen LogP contribution is 2.09. The molecule has 0 unspecified atom stereocenters. The third-order valence-corrected chi connectivity index (χ3v) is 2.78. The lowest BCUT2D eigenvalue weighted by atomic mass is 10.2. The van der Waals surface area contributed by atoms with E-state index < -0.39 is 0 Å². The van der Waals surface area contributed by atoms with Gasteiger partial charge >= 0.3 is 0 Å². The molecule has 0 spiro atoms. The fraction of sp³-hybridized carbons (Fsp3) is 0.0714. The number of amides is 1. The summed E-state index contributed by atoms with van der Waals surface area (Å²) in [4.78, 5) is 15.7. The molecule has 4 nitrogen and oxygen atoms in total. The van der Waals surface area contributed by atoms with Crippen LogP contribution in [0.5, 0.6) is 0 Å². The molecule has 0 saturated carbocycles. The maximum absolute atomic E-state index is 11.8. The van der Waals surface area contributed by atoms with Crippen molar-refractivity contribution >= 4 is 23.2 Å². The van der Waals surface area contributed by atoms with E-state index in [-0.39, 0.29) is 5.91 Å². The van der Waals surface area contributed by atoms with Crippen molar-refractivity contribution in [2.45, 2.75) is 6.92 Å². The normalized spacial score (nSPS) is 11.2. The van der Waals surface area contributed by atoms with Crippen LogP contribution in [0.3, 0.4) is 0 Å². The smallest absolute Gasteiger partial charge is 0.267 e. The molecule has 0 aliphatic rings. The van der Waals surface area contributed by atoms with Gasteiger partial charge in [-0.1, -0.05) is 11.6 Å². The molecule has 1 aromatic carbocycles. The summed E-state index contributed by atoms with van der Waals surface area (Å²) in [5, 5.41) is 4.64. The number of halogens is 1. The van der Waals surface area contributed by atoms with Crippen molar-refractivity contribution < 1.29 is 4.79 Å². The summed E-state index contributed by atoms with van der Waals surface area (Å²) in [5.41, 5.74) is 4.63. The second-order valence-electron chi connectivity index (χ2n) is 3.88. The van der Waals surface area contributed by atoms with Crippen LogP contribution < -0.4 is 5.43 Å². The highest BCUT2D eigenvalue weighted by atomic mass is 35.5. The zero-order valence-electron chi connectivity index (χ0n) is 10.3. The minimum Gasteiger partial charge on any atom is -0.267 e. The summed E-state index contributed by atoms with van der Waals surface area (Å²) in [6, 6.07) is 10.3. The van der Waals surface area contributed by atoms with Gasteiger partial charge < -0.3 is 0 Å². The van der Waals surface area contributed by atoms with Crippen molar-refractivity contribution in [3.8, 4) is 0 Å². The summed E-state index contributed by atoms with van der Waals surface area (Å²) in [6.45, 7) is 1.82. The first kappa shape index (κ1) is 13.2. The van der Waals surface area contributed by atoms with Crippen molar-refractivity contribution in [1.29, 1.82) is 0 Å². The number of carbonyl (C=O) groups excluding carboxylic acids is 1. The van der Waals surface area contributed by atoms with E-state index in [1.54, 1.807) is 36.7 Å². The molecule has 0 atom stereocenters. The fourth-order valence-electron chi connectivity index (χ4n) is 1.46. The number of hydrogen-bond acceptors (Lipinski definition) is 3. The van der Waals surface area contributed by atoms with Gasteiger partial charge in [0, 0.05) is 28.5 Å². The lowest BCUT2D eigenvalue weighted by Gasteiger charge is -2.02. The van der Waals surface area contributed by atoms with E-state index in [0.717, 1.165) is 5.56 Å². The van der Waals surface area contributed by atoms with Crippen LogP contribution in [0.25, 0.3) is 0 Å². The molecule has 0 radical (unpaired) electrons.